The molecule has 0 aliphatic rings. The van der Waals surface area contributed by atoms with Gasteiger partial charge in [0.15, 0.2) is 10.7 Å². The van der Waals surface area contributed by atoms with Crippen LogP contribution >= 0.6 is 12.2 Å². The number of amides is 1. The van der Waals surface area contributed by atoms with Gasteiger partial charge in [-0.05, 0) is 73.6 Å². The SMILES string of the molecule is Cc1ccc2nc(-c3ccc(C)c(NC(=S)NC(=O)c4ccccc4F)c3)oc2c1. The lowest BCUT2D eigenvalue weighted by Gasteiger charge is -2.13. The predicted molar refractivity (Wildman–Crippen MR) is 119 cm³/mol. The molecular weight excluding hydrogens is 401 g/mol. The lowest BCUT2D eigenvalue weighted by atomic mass is 10.1. The van der Waals surface area contributed by atoms with Gasteiger partial charge in [-0.25, -0.2) is 9.37 Å². The Morgan fingerprint density at radius 3 is 2.67 bits per heavy atom. The second kappa shape index (κ2) is 8.04. The zero-order chi connectivity index (χ0) is 21.3. The maximum atomic E-state index is 13.8. The topological polar surface area (TPSA) is 67.2 Å². The normalized spacial score (nSPS) is 10.8. The Morgan fingerprint density at radius 1 is 1.07 bits per heavy atom. The van der Waals surface area contributed by atoms with Crippen molar-refractivity contribution in [2.24, 2.45) is 0 Å². The molecule has 1 amide bonds. The van der Waals surface area contributed by atoms with Gasteiger partial charge >= 0.3 is 0 Å². The highest BCUT2D eigenvalue weighted by Gasteiger charge is 2.14. The monoisotopic (exact) mass is 419 g/mol. The molecule has 2 N–H and O–H groups in total. The van der Waals surface area contributed by atoms with Gasteiger partial charge in [-0.3, -0.25) is 10.1 Å². The summed E-state index contributed by atoms with van der Waals surface area (Å²) in [4.78, 5) is 16.8. The number of nitrogens with one attached hydrogen (secondary N) is 2. The highest BCUT2D eigenvalue weighted by atomic mass is 32.1. The van der Waals surface area contributed by atoms with Crippen molar-refractivity contribution in [3.05, 3.63) is 83.2 Å². The number of carbonyl (C=O) groups is 1. The standard InChI is InChI=1S/C23H18FN3O2S/c1-13-7-10-18-20(11-13)29-22(25-18)15-9-8-14(2)19(12-15)26-23(30)27-21(28)16-5-3-4-6-17(16)24/h3-12H,1-2H3,(H2,26,27,28,30). The molecule has 0 unspecified atom stereocenters. The molecule has 0 fully saturated rings. The molecule has 3 aromatic carbocycles. The molecule has 4 aromatic rings. The van der Waals surface area contributed by atoms with Crippen molar-refractivity contribution in [3.8, 4) is 11.5 Å². The largest absolute Gasteiger partial charge is 0.436 e. The third-order valence-electron chi connectivity index (χ3n) is 4.62. The highest BCUT2D eigenvalue weighted by molar-refractivity contribution is 7.80. The summed E-state index contributed by atoms with van der Waals surface area (Å²) >= 11 is 5.24. The number of hydrogen-bond acceptors (Lipinski definition) is 4. The van der Waals surface area contributed by atoms with E-state index < -0.39 is 11.7 Å². The van der Waals surface area contributed by atoms with Crippen molar-refractivity contribution in [1.29, 1.82) is 0 Å². The summed E-state index contributed by atoms with van der Waals surface area (Å²) in [7, 11) is 0. The van der Waals surface area contributed by atoms with Crippen LogP contribution in [0.4, 0.5) is 10.1 Å². The summed E-state index contributed by atoms with van der Waals surface area (Å²) in [6.45, 7) is 3.90. The number of rotatable bonds is 3. The van der Waals surface area contributed by atoms with Crippen molar-refractivity contribution in [3.63, 3.8) is 0 Å². The van der Waals surface area contributed by atoms with Crippen LogP contribution in [0.1, 0.15) is 21.5 Å². The van der Waals surface area contributed by atoms with Crippen LogP contribution in [0.3, 0.4) is 0 Å². The van der Waals surface area contributed by atoms with E-state index in [1.54, 1.807) is 6.07 Å². The van der Waals surface area contributed by atoms with E-state index in [9.17, 15) is 9.18 Å². The molecule has 0 atom stereocenters. The molecule has 5 nitrogen and oxygen atoms in total. The minimum atomic E-state index is -0.617. The molecule has 0 bridgehead atoms. The molecular formula is C23H18FN3O2S. The number of hydrogen-bond donors (Lipinski definition) is 2. The number of halogens is 1. The average molecular weight is 419 g/mol. The first-order chi connectivity index (χ1) is 14.4. The van der Waals surface area contributed by atoms with E-state index in [2.05, 4.69) is 15.6 Å². The number of nitrogens with zero attached hydrogens (tertiary/aromatic N) is 1. The molecule has 4 rings (SSSR count). The van der Waals surface area contributed by atoms with Crippen LogP contribution in [0.2, 0.25) is 0 Å². The summed E-state index contributed by atoms with van der Waals surface area (Å²) in [6.07, 6.45) is 0. The number of carbonyl (C=O) groups excluding carboxylic acids is 1. The Balaban J connectivity index is 1.55. The zero-order valence-corrected chi connectivity index (χ0v) is 17.1. The number of benzene rings is 3. The third kappa shape index (κ3) is 4.06. The van der Waals surface area contributed by atoms with Gasteiger partial charge in [-0.2, -0.15) is 0 Å². The Labute approximate surface area is 177 Å². The van der Waals surface area contributed by atoms with Gasteiger partial charge in [0.05, 0.1) is 5.56 Å². The first kappa shape index (κ1) is 19.7. The second-order valence-electron chi connectivity index (χ2n) is 6.91. The van der Waals surface area contributed by atoms with E-state index >= 15 is 0 Å². The number of fused-ring (bicyclic) bond motifs is 1. The van der Waals surface area contributed by atoms with Gasteiger partial charge in [-0.15, -0.1) is 0 Å². The van der Waals surface area contributed by atoms with Crippen LogP contribution in [0, 0.1) is 19.7 Å². The van der Waals surface area contributed by atoms with Gasteiger partial charge in [0, 0.05) is 11.3 Å². The van der Waals surface area contributed by atoms with Crippen LogP contribution in [-0.2, 0) is 0 Å². The van der Waals surface area contributed by atoms with Crippen molar-refractivity contribution in [2.75, 3.05) is 5.32 Å². The van der Waals surface area contributed by atoms with Gasteiger partial charge in [0.1, 0.15) is 11.3 Å². The molecule has 0 spiro atoms. The third-order valence-corrected chi connectivity index (χ3v) is 4.83. The minimum Gasteiger partial charge on any atom is -0.436 e. The van der Waals surface area contributed by atoms with Gasteiger partial charge in [-0.1, -0.05) is 24.3 Å². The first-order valence-electron chi connectivity index (χ1n) is 9.26. The van der Waals surface area contributed by atoms with Crippen LogP contribution < -0.4 is 10.6 Å². The summed E-state index contributed by atoms with van der Waals surface area (Å²) in [5.74, 6) is -0.740. The average Bonchev–Trinajstić information content (AvgIpc) is 3.13. The smallest absolute Gasteiger partial charge is 0.260 e. The maximum absolute atomic E-state index is 13.8. The Hall–Kier alpha value is -3.58. The van der Waals surface area contributed by atoms with Crippen LogP contribution in [-0.4, -0.2) is 16.0 Å². The first-order valence-corrected chi connectivity index (χ1v) is 9.66. The second-order valence-corrected chi connectivity index (χ2v) is 7.32. The van der Waals surface area contributed by atoms with E-state index in [4.69, 9.17) is 16.6 Å². The van der Waals surface area contributed by atoms with Gasteiger partial charge in [0.25, 0.3) is 5.91 Å². The fourth-order valence-electron chi connectivity index (χ4n) is 3.01. The summed E-state index contributed by atoms with van der Waals surface area (Å²) in [5.41, 5.74) is 4.87. The number of oxazole rings is 1. The summed E-state index contributed by atoms with van der Waals surface area (Å²) in [6, 6.07) is 17.2. The molecule has 0 aliphatic carbocycles. The quantitative estimate of drug-likeness (QED) is 0.437. The minimum absolute atomic E-state index is 0.0664. The molecule has 30 heavy (non-hydrogen) atoms. The molecule has 0 aliphatic heterocycles. The molecule has 0 saturated carbocycles. The van der Waals surface area contributed by atoms with Crippen LogP contribution in [0.25, 0.3) is 22.6 Å². The van der Waals surface area contributed by atoms with Crippen LogP contribution in [0.15, 0.2) is 65.1 Å². The molecule has 7 heteroatoms. The van der Waals surface area contributed by atoms with Gasteiger partial charge in [0.2, 0.25) is 5.89 Å². The fourth-order valence-corrected chi connectivity index (χ4v) is 3.22. The highest BCUT2D eigenvalue weighted by Crippen LogP contribution is 2.28. The molecule has 1 aromatic heterocycles. The van der Waals surface area contributed by atoms with E-state index in [0.717, 1.165) is 22.2 Å². The number of anilines is 1. The van der Waals surface area contributed by atoms with Crippen molar-refractivity contribution >= 4 is 40.0 Å². The van der Waals surface area contributed by atoms with Gasteiger partial charge < -0.3 is 9.73 Å². The number of aryl methyl sites for hydroxylation is 2. The Kier molecular flexibility index (Phi) is 5.29. The zero-order valence-electron chi connectivity index (χ0n) is 16.3. The lowest BCUT2D eigenvalue weighted by molar-refractivity contribution is 0.0974. The van der Waals surface area contributed by atoms with E-state index in [1.165, 1.54) is 18.2 Å². The molecule has 1 heterocycles. The number of thiocarbonyl (C=S) groups is 1. The van der Waals surface area contributed by atoms with Crippen molar-refractivity contribution < 1.29 is 13.6 Å². The summed E-state index contributed by atoms with van der Waals surface area (Å²) in [5, 5.41) is 5.56. The van der Waals surface area contributed by atoms with Crippen molar-refractivity contribution in [2.45, 2.75) is 13.8 Å². The summed E-state index contributed by atoms with van der Waals surface area (Å²) < 4.78 is 19.7. The van der Waals surface area contributed by atoms with E-state index in [0.29, 0.717) is 17.2 Å². The molecule has 0 radical (unpaired) electrons. The Morgan fingerprint density at radius 2 is 1.87 bits per heavy atom. The predicted octanol–water partition coefficient (Wildman–Crippen LogP) is 5.38. The van der Waals surface area contributed by atoms with E-state index in [-0.39, 0.29) is 10.7 Å². The van der Waals surface area contributed by atoms with Crippen LogP contribution in [0.5, 0.6) is 0 Å². The molecule has 0 saturated heterocycles. The maximum Gasteiger partial charge on any atom is 0.260 e. The molecule has 150 valence electrons. The van der Waals surface area contributed by atoms with Crippen molar-refractivity contribution in [1.82, 2.24) is 10.3 Å². The Bertz CT molecular complexity index is 1280. The lowest BCUT2D eigenvalue weighted by Crippen LogP contribution is -2.34. The van der Waals surface area contributed by atoms with E-state index in [1.807, 2.05) is 50.2 Å². The fraction of sp³-hybridized carbons (Fsp3) is 0.0870. The number of aromatic nitrogens is 1.